The van der Waals surface area contributed by atoms with Crippen LogP contribution in [0, 0.1) is 0 Å². The molecule has 0 fully saturated rings. The van der Waals surface area contributed by atoms with Gasteiger partial charge in [0.25, 0.3) is 5.56 Å². The molecule has 0 spiro atoms. The number of hydrogen-bond donors (Lipinski definition) is 1. The zero-order valence-corrected chi connectivity index (χ0v) is 10.0. The van der Waals surface area contributed by atoms with Crippen molar-refractivity contribution in [2.75, 3.05) is 0 Å². The third-order valence-corrected chi connectivity index (χ3v) is 3.39. The van der Waals surface area contributed by atoms with E-state index in [9.17, 15) is 4.79 Å². The minimum atomic E-state index is -0.0479. The largest absolute Gasteiger partial charge is 0.313 e. The van der Waals surface area contributed by atoms with Crippen molar-refractivity contribution in [1.82, 2.24) is 9.97 Å². The van der Waals surface area contributed by atoms with Crippen LogP contribution in [0.15, 0.2) is 33.8 Å². The lowest BCUT2D eigenvalue weighted by Crippen LogP contribution is -2.18. The average Bonchev–Trinajstić information content (AvgIpc) is 2.29. The smallest absolute Gasteiger partial charge is 0.258 e. The molecule has 1 N–H and O–H groups in total. The van der Waals surface area contributed by atoms with Crippen molar-refractivity contribution in [3.8, 4) is 11.1 Å². The highest BCUT2D eigenvalue weighted by molar-refractivity contribution is 9.10. The summed E-state index contributed by atoms with van der Waals surface area (Å²) in [5.74, 6) is 0. The minimum absolute atomic E-state index is 0.0479. The first-order chi connectivity index (χ1) is 7.75. The second kappa shape index (κ2) is 3.56. The summed E-state index contributed by atoms with van der Waals surface area (Å²) in [7, 11) is 0. The second-order valence-corrected chi connectivity index (χ2v) is 4.77. The number of H-pyrrole nitrogens is 1. The molecule has 1 aliphatic carbocycles. The van der Waals surface area contributed by atoms with Gasteiger partial charge in [0.05, 0.1) is 17.6 Å². The van der Waals surface area contributed by atoms with Crippen LogP contribution in [0.25, 0.3) is 11.1 Å². The lowest BCUT2D eigenvalue weighted by Gasteiger charge is -2.17. The van der Waals surface area contributed by atoms with Crippen LogP contribution in [0.1, 0.15) is 11.3 Å². The lowest BCUT2D eigenvalue weighted by molar-refractivity contribution is 0.874. The van der Waals surface area contributed by atoms with Crippen molar-refractivity contribution in [3.63, 3.8) is 0 Å². The number of rotatable bonds is 0. The first-order valence-electron chi connectivity index (χ1n) is 5.11. The molecule has 0 bridgehead atoms. The molecule has 1 heterocycles. The number of aromatic amines is 1. The van der Waals surface area contributed by atoms with Gasteiger partial charge in [0.2, 0.25) is 0 Å². The zero-order chi connectivity index (χ0) is 11.1. The summed E-state index contributed by atoms with van der Waals surface area (Å²) < 4.78 is 1.05. The maximum Gasteiger partial charge on any atom is 0.258 e. The highest BCUT2D eigenvalue weighted by atomic mass is 79.9. The predicted octanol–water partition coefficient (Wildman–Crippen LogP) is 2.30. The highest BCUT2D eigenvalue weighted by Gasteiger charge is 2.19. The molecule has 80 valence electrons. The molecule has 0 saturated heterocycles. The summed E-state index contributed by atoms with van der Waals surface area (Å²) in [6.45, 7) is 0. The molecule has 4 heteroatoms. The van der Waals surface area contributed by atoms with Crippen LogP contribution >= 0.6 is 15.9 Å². The minimum Gasteiger partial charge on any atom is -0.313 e. The molecule has 3 nitrogen and oxygen atoms in total. The van der Waals surface area contributed by atoms with Gasteiger partial charge in [0.1, 0.15) is 0 Å². The normalized spacial score (nSPS) is 13.1. The zero-order valence-electron chi connectivity index (χ0n) is 8.46. The standard InChI is InChI=1S/C12H9BrN2O/c13-8-2-3-9-7(5-8)1-4-10-11(9)12(16)15-6-14-10/h2-3,5-6H,1,4H2,(H,14,15,16). The van der Waals surface area contributed by atoms with Gasteiger partial charge in [-0.15, -0.1) is 0 Å². The molecule has 0 unspecified atom stereocenters. The summed E-state index contributed by atoms with van der Waals surface area (Å²) in [5.41, 5.74) is 3.81. The van der Waals surface area contributed by atoms with Crippen LogP contribution in [-0.4, -0.2) is 9.97 Å². The van der Waals surface area contributed by atoms with Crippen molar-refractivity contribution >= 4 is 15.9 Å². The van der Waals surface area contributed by atoms with Crippen LogP contribution < -0.4 is 5.56 Å². The Bertz CT molecular complexity index is 619. The van der Waals surface area contributed by atoms with E-state index in [-0.39, 0.29) is 5.56 Å². The van der Waals surface area contributed by atoms with E-state index in [2.05, 4.69) is 32.0 Å². The second-order valence-electron chi connectivity index (χ2n) is 3.85. The number of hydrogen-bond acceptors (Lipinski definition) is 2. The summed E-state index contributed by atoms with van der Waals surface area (Å²) >= 11 is 3.45. The number of benzene rings is 1. The van der Waals surface area contributed by atoms with Crippen molar-refractivity contribution in [2.24, 2.45) is 0 Å². The fraction of sp³-hybridized carbons (Fsp3) is 0.167. The van der Waals surface area contributed by atoms with E-state index in [1.807, 2.05) is 12.1 Å². The predicted molar refractivity (Wildman–Crippen MR) is 65.4 cm³/mol. The van der Waals surface area contributed by atoms with Crippen LogP contribution in [0.2, 0.25) is 0 Å². The van der Waals surface area contributed by atoms with Gasteiger partial charge in [-0.1, -0.05) is 22.0 Å². The summed E-state index contributed by atoms with van der Waals surface area (Å²) in [6, 6.07) is 6.01. The molecule has 0 saturated carbocycles. The number of aryl methyl sites for hydroxylation is 2. The van der Waals surface area contributed by atoms with Crippen molar-refractivity contribution < 1.29 is 0 Å². The molecule has 1 aromatic heterocycles. The van der Waals surface area contributed by atoms with Gasteiger partial charge < -0.3 is 4.98 Å². The first-order valence-corrected chi connectivity index (χ1v) is 5.90. The Morgan fingerprint density at radius 3 is 3.06 bits per heavy atom. The van der Waals surface area contributed by atoms with E-state index in [0.29, 0.717) is 0 Å². The molecular weight excluding hydrogens is 268 g/mol. The molecule has 0 radical (unpaired) electrons. The fourth-order valence-electron chi connectivity index (χ4n) is 2.17. The van der Waals surface area contributed by atoms with Gasteiger partial charge in [-0.25, -0.2) is 4.98 Å². The molecule has 0 amide bonds. The molecule has 16 heavy (non-hydrogen) atoms. The Morgan fingerprint density at radius 1 is 1.31 bits per heavy atom. The molecule has 0 atom stereocenters. The Kier molecular flexibility index (Phi) is 2.17. The maximum atomic E-state index is 11.8. The number of nitrogens with zero attached hydrogens (tertiary/aromatic N) is 1. The number of nitrogens with one attached hydrogen (secondary N) is 1. The van der Waals surface area contributed by atoms with E-state index in [0.717, 1.165) is 34.1 Å². The van der Waals surface area contributed by atoms with Crippen molar-refractivity contribution in [3.05, 3.63) is 50.6 Å². The van der Waals surface area contributed by atoms with Gasteiger partial charge in [-0.05, 0) is 36.1 Å². The fourth-order valence-corrected chi connectivity index (χ4v) is 2.58. The number of fused-ring (bicyclic) bond motifs is 3. The molecular formula is C12H9BrN2O. The average molecular weight is 277 g/mol. The Morgan fingerprint density at radius 2 is 2.19 bits per heavy atom. The third kappa shape index (κ3) is 1.41. The monoisotopic (exact) mass is 276 g/mol. The topological polar surface area (TPSA) is 45.8 Å². The number of aromatic nitrogens is 2. The van der Waals surface area contributed by atoms with Crippen molar-refractivity contribution in [1.29, 1.82) is 0 Å². The van der Waals surface area contributed by atoms with Crippen molar-refractivity contribution in [2.45, 2.75) is 12.8 Å². The molecule has 2 aromatic rings. The quantitative estimate of drug-likeness (QED) is 0.803. The lowest BCUT2D eigenvalue weighted by atomic mass is 9.89. The summed E-state index contributed by atoms with van der Waals surface area (Å²) in [5, 5.41) is 0. The summed E-state index contributed by atoms with van der Waals surface area (Å²) in [6.07, 6.45) is 3.26. The van der Waals surface area contributed by atoms with Crippen LogP contribution in [0.3, 0.4) is 0 Å². The summed E-state index contributed by atoms with van der Waals surface area (Å²) in [4.78, 5) is 18.7. The van der Waals surface area contributed by atoms with E-state index in [1.54, 1.807) is 0 Å². The SMILES string of the molecule is O=c1[nH]cnc2c1-c1ccc(Br)cc1CC2. The van der Waals surface area contributed by atoms with Gasteiger partial charge in [-0.3, -0.25) is 4.79 Å². The van der Waals surface area contributed by atoms with Gasteiger partial charge in [0, 0.05) is 4.47 Å². The molecule has 3 rings (SSSR count). The van der Waals surface area contributed by atoms with Gasteiger partial charge >= 0.3 is 0 Å². The molecule has 0 aliphatic heterocycles. The van der Waals surface area contributed by atoms with E-state index >= 15 is 0 Å². The van der Waals surface area contributed by atoms with Crippen LogP contribution in [0.4, 0.5) is 0 Å². The highest BCUT2D eigenvalue weighted by Crippen LogP contribution is 2.31. The Balaban J connectivity index is 2.34. The Labute approximate surface area is 101 Å². The first kappa shape index (κ1) is 9.78. The maximum absolute atomic E-state index is 11.8. The van der Waals surface area contributed by atoms with Crippen LogP contribution in [0.5, 0.6) is 0 Å². The number of halogens is 1. The molecule has 1 aliphatic rings. The van der Waals surface area contributed by atoms with Crippen LogP contribution in [-0.2, 0) is 12.8 Å². The third-order valence-electron chi connectivity index (χ3n) is 2.90. The Hall–Kier alpha value is -1.42. The van der Waals surface area contributed by atoms with Gasteiger partial charge in [0.15, 0.2) is 0 Å². The van der Waals surface area contributed by atoms with E-state index in [1.165, 1.54) is 11.9 Å². The van der Waals surface area contributed by atoms with Gasteiger partial charge in [-0.2, -0.15) is 0 Å². The van der Waals surface area contributed by atoms with E-state index in [4.69, 9.17) is 0 Å². The molecule has 1 aromatic carbocycles. The van der Waals surface area contributed by atoms with E-state index < -0.39 is 0 Å².